The number of nitrogens with zero attached hydrogens (tertiary/aromatic N) is 2. The van der Waals surface area contributed by atoms with Crippen LogP contribution in [-0.2, 0) is 19.9 Å². The van der Waals surface area contributed by atoms with E-state index in [9.17, 15) is 4.79 Å². The highest BCUT2D eigenvalue weighted by molar-refractivity contribution is 5.73. The molecule has 0 radical (unpaired) electrons. The van der Waals surface area contributed by atoms with Gasteiger partial charge in [0.2, 0.25) is 0 Å². The first-order chi connectivity index (χ1) is 8.20. The third kappa shape index (κ3) is 2.61. The minimum absolute atomic E-state index is 0.556. The molecule has 2 rings (SSSR count). The standard InChI is InChI=1S/C14H16N2O/c1-11-4-3-5-12(8-11)6-7-14-13(9-17)15-10-16(14)2/h3-5,8-10H,6-7H2,1-2H3. The Balaban J connectivity index is 2.12. The summed E-state index contributed by atoms with van der Waals surface area (Å²) >= 11 is 0. The van der Waals surface area contributed by atoms with E-state index in [-0.39, 0.29) is 0 Å². The molecule has 0 amide bonds. The molecular formula is C14H16N2O. The summed E-state index contributed by atoms with van der Waals surface area (Å²) in [6.07, 6.45) is 4.29. The van der Waals surface area contributed by atoms with Gasteiger partial charge < -0.3 is 4.57 Å². The Hall–Kier alpha value is -1.90. The van der Waals surface area contributed by atoms with E-state index < -0.39 is 0 Å². The summed E-state index contributed by atoms with van der Waals surface area (Å²) in [4.78, 5) is 14.9. The van der Waals surface area contributed by atoms with Crippen LogP contribution in [0.15, 0.2) is 30.6 Å². The molecule has 3 nitrogen and oxygen atoms in total. The van der Waals surface area contributed by atoms with Gasteiger partial charge in [-0.05, 0) is 25.3 Å². The molecule has 0 aliphatic carbocycles. The normalized spacial score (nSPS) is 10.5. The number of aldehydes is 1. The maximum absolute atomic E-state index is 10.8. The highest BCUT2D eigenvalue weighted by Crippen LogP contribution is 2.11. The first kappa shape index (κ1) is 11.6. The van der Waals surface area contributed by atoms with Crippen LogP contribution in [0.2, 0.25) is 0 Å². The van der Waals surface area contributed by atoms with Gasteiger partial charge in [-0.2, -0.15) is 0 Å². The maximum Gasteiger partial charge on any atom is 0.170 e. The molecule has 0 atom stereocenters. The molecule has 17 heavy (non-hydrogen) atoms. The van der Waals surface area contributed by atoms with Crippen molar-refractivity contribution >= 4 is 6.29 Å². The largest absolute Gasteiger partial charge is 0.337 e. The molecule has 88 valence electrons. The minimum Gasteiger partial charge on any atom is -0.337 e. The smallest absolute Gasteiger partial charge is 0.170 e. The van der Waals surface area contributed by atoms with Crippen molar-refractivity contribution in [2.45, 2.75) is 19.8 Å². The van der Waals surface area contributed by atoms with E-state index in [2.05, 4.69) is 36.2 Å². The fourth-order valence-corrected chi connectivity index (χ4v) is 2.01. The van der Waals surface area contributed by atoms with Crippen molar-refractivity contribution in [2.75, 3.05) is 0 Å². The van der Waals surface area contributed by atoms with E-state index in [0.717, 1.165) is 24.8 Å². The molecule has 1 heterocycles. The molecule has 1 aromatic carbocycles. The zero-order chi connectivity index (χ0) is 12.3. The second kappa shape index (κ2) is 4.95. The lowest BCUT2D eigenvalue weighted by molar-refractivity contribution is 0.111. The van der Waals surface area contributed by atoms with E-state index >= 15 is 0 Å². The van der Waals surface area contributed by atoms with Gasteiger partial charge in [0.25, 0.3) is 0 Å². The molecule has 0 unspecified atom stereocenters. The third-order valence-electron chi connectivity index (χ3n) is 2.94. The Kier molecular flexibility index (Phi) is 3.38. The van der Waals surface area contributed by atoms with Crippen LogP contribution in [0.25, 0.3) is 0 Å². The van der Waals surface area contributed by atoms with Crippen molar-refractivity contribution < 1.29 is 4.79 Å². The third-order valence-corrected chi connectivity index (χ3v) is 2.94. The lowest BCUT2D eigenvalue weighted by atomic mass is 10.1. The summed E-state index contributed by atoms with van der Waals surface area (Å²) in [7, 11) is 1.92. The number of aromatic nitrogens is 2. The lowest BCUT2D eigenvalue weighted by Gasteiger charge is -2.04. The zero-order valence-electron chi connectivity index (χ0n) is 10.2. The fraction of sp³-hybridized carbons (Fsp3) is 0.286. The average molecular weight is 228 g/mol. The van der Waals surface area contributed by atoms with E-state index in [1.807, 2.05) is 11.6 Å². The average Bonchev–Trinajstić information content (AvgIpc) is 2.67. The highest BCUT2D eigenvalue weighted by Gasteiger charge is 2.07. The van der Waals surface area contributed by atoms with Gasteiger partial charge in [0.05, 0.1) is 6.33 Å². The van der Waals surface area contributed by atoms with Gasteiger partial charge in [-0.15, -0.1) is 0 Å². The molecule has 2 aromatic rings. The molecule has 0 saturated carbocycles. The van der Waals surface area contributed by atoms with Crippen molar-refractivity contribution in [3.63, 3.8) is 0 Å². The maximum atomic E-state index is 10.8. The Morgan fingerprint density at radius 1 is 1.35 bits per heavy atom. The summed E-state index contributed by atoms with van der Waals surface area (Å²) < 4.78 is 1.92. The number of imidazole rings is 1. The summed E-state index contributed by atoms with van der Waals surface area (Å²) in [5.74, 6) is 0. The Morgan fingerprint density at radius 3 is 2.88 bits per heavy atom. The Bertz CT molecular complexity index is 529. The molecule has 0 fully saturated rings. The molecule has 3 heteroatoms. The molecule has 0 aliphatic heterocycles. The van der Waals surface area contributed by atoms with Crippen LogP contribution < -0.4 is 0 Å². The van der Waals surface area contributed by atoms with Crippen LogP contribution in [0, 0.1) is 6.92 Å². The molecule has 0 aliphatic rings. The molecule has 0 bridgehead atoms. The van der Waals surface area contributed by atoms with E-state index in [1.165, 1.54) is 11.1 Å². The first-order valence-electron chi connectivity index (χ1n) is 5.71. The van der Waals surface area contributed by atoms with Gasteiger partial charge >= 0.3 is 0 Å². The van der Waals surface area contributed by atoms with Crippen molar-refractivity contribution in [1.29, 1.82) is 0 Å². The van der Waals surface area contributed by atoms with Gasteiger partial charge in [0, 0.05) is 12.7 Å². The van der Waals surface area contributed by atoms with E-state index in [1.54, 1.807) is 6.33 Å². The zero-order valence-corrected chi connectivity index (χ0v) is 10.2. The van der Waals surface area contributed by atoms with E-state index in [0.29, 0.717) is 5.69 Å². The number of hydrogen-bond acceptors (Lipinski definition) is 2. The fourth-order valence-electron chi connectivity index (χ4n) is 2.01. The number of rotatable bonds is 4. The van der Waals surface area contributed by atoms with Crippen molar-refractivity contribution in [3.8, 4) is 0 Å². The first-order valence-corrected chi connectivity index (χ1v) is 5.71. The predicted molar refractivity (Wildman–Crippen MR) is 67.2 cm³/mol. The summed E-state index contributed by atoms with van der Waals surface area (Å²) in [5.41, 5.74) is 4.12. The van der Waals surface area contributed by atoms with Gasteiger partial charge in [0.1, 0.15) is 5.69 Å². The second-order valence-corrected chi connectivity index (χ2v) is 4.29. The van der Waals surface area contributed by atoms with Gasteiger partial charge in [-0.3, -0.25) is 4.79 Å². The van der Waals surface area contributed by atoms with Crippen LogP contribution >= 0.6 is 0 Å². The number of carbonyl (C=O) groups excluding carboxylic acids is 1. The molecular weight excluding hydrogens is 212 g/mol. The quantitative estimate of drug-likeness (QED) is 0.753. The molecule has 1 aromatic heterocycles. The number of benzene rings is 1. The Labute approximate surface area is 101 Å². The van der Waals surface area contributed by atoms with Crippen molar-refractivity contribution in [3.05, 3.63) is 53.1 Å². The second-order valence-electron chi connectivity index (χ2n) is 4.29. The summed E-state index contributed by atoms with van der Waals surface area (Å²) in [5, 5.41) is 0. The monoisotopic (exact) mass is 228 g/mol. The SMILES string of the molecule is Cc1cccc(CCc2c(C=O)ncn2C)c1. The minimum atomic E-state index is 0.556. The van der Waals surface area contributed by atoms with Crippen LogP contribution in [0.3, 0.4) is 0 Å². The number of aryl methyl sites for hydroxylation is 3. The lowest BCUT2D eigenvalue weighted by Crippen LogP contribution is -2.01. The van der Waals surface area contributed by atoms with Crippen molar-refractivity contribution in [1.82, 2.24) is 9.55 Å². The topological polar surface area (TPSA) is 34.9 Å². The molecule has 0 N–H and O–H groups in total. The van der Waals surface area contributed by atoms with Gasteiger partial charge in [-0.25, -0.2) is 4.98 Å². The molecule has 0 spiro atoms. The van der Waals surface area contributed by atoms with Gasteiger partial charge in [-0.1, -0.05) is 29.8 Å². The summed E-state index contributed by atoms with van der Waals surface area (Å²) in [6, 6.07) is 8.44. The van der Waals surface area contributed by atoms with Crippen molar-refractivity contribution in [2.24, 2.45) is 7.05 Å². The number of hydrogen-bond donors (Lipinski definition) is 0. The van der Waals surface area contributed by atoms with Crippen LogP contribution in [0.1, 0.15) is 27.3 Å². The Morgan fingerprint density at radius 2 is 2.18 bits per heavy atom. The summed E-state index contributed by atoms with van der Waals surface area (Å²) in [6.45, 7) is 2.09. The number of carbonyl (C=O) groups is 1. The van der Waals surface area contributed by atoms with Crippen LogP contribution in [0.5, 0.6) is 0 Å². The van der Waals surface area contributed by atoms with Crippen LogP contribution in [-0.4, -0.2) is 15.8 Å². The highest BCUT2D eigenvalue weighted by atomic mass is 16.1. The van der Waals surface area contributed by atoms with Gasteiger partial charge in [0.15, 0.2) is 6.29 Å². The molecule has 0 saturated heterocycles. The predicted octanol–water partition coefficient (Wildman–Crippen LogP) is 2.33. The van der Waals surface area contributed by atoms with Crippen LogP contribution in [0.4, 0.5) is 0 Å². The van der Waals surface area contributed by atoms with E-state index in [4.69, 9.17) is 0 Å².